The molecule has 0 bridgehead atoms. The minimum atomic E-state index is -4.63. The number of nitrogens with one attached hydrogen (secondary N) is 2. The average Bonchev–Trinajstić information content (AvgIpc) is 3.07. The zero-order valence-corrected chi connectivity index (χ0v) is 13.5. The molecule has 0 amide bonds. The van der Waals surface area contributed by atoms with E-state index in [0.29, 0.717) is 5.13 Å². The van der Waals surface area contributed by atoms with Gasteiger partial charge in [0.25, 0.3) is 0 Å². The molecule has 2 aromatic heterocycles. The van der Waals surface area contributed by atoms with Gasteiger partial charge in [-0.2, -0.15) is 13.2 Å². The highest BCUT2D eigenvalue weighted by atomic mass is 32.1. The number of nitro groups is 1. The number of thiazole rings is 1. The molecule has 2 N–H and O–H groups in total. The van der Waals surface area contributed by atoms with Crippen molar-refractivity contribution in [2.24, 2.45) is 0 Å². The minimum Gasteiger partial charge on any atom is -0.334 e. The fourth-order valence-corrected chi connectivity index (χ4v) is 2.62. The maximum absolute atomic E-state index is 13.1. The first kappa shape index (κ1) is 17.5. The Bertz CT molecular complexity index is 933. The highest BCUT2D eigenvalue weighted by Crippen LogP contribution is 2.38. The van der Waals surface area contributed by atoms with Crippen molar-refractivity contribution < 1.29 is 18.1 Å². The van der Waals surface area contributed by atoms with Crippen LogP contribution in [0.25, 0.3) is 0 Å². The Labute approximate surface area is 147 Å². The van der Waals surface area contributed by atoms with E-state index in [9.17, 15) is 23.3 Å². The normalized spacial score (nSPS) is 11.2. The Hall–Kier alpha value is -3.28. The van der Waals surface area contributed by atoms with Crippen LogP contribution in [0.5, 0.6) is 0 Å². The summed E-state index contributed by atoms with van der Waals surface area (Å²) < 4.78 is 39.3. The number of aromatic nitrogens is 3. The molecule has 0 radical (unpaired) electrons. The summed E-state index contributed by atoms with van der Waals surface area (Å²) in [5.41, 5.74) is -1.93. The molecule has 0 aliphatic carbocycles. The molecule has 0 atom stereocenters. The van der Waals surface area contributed by atoms with Gasteiger partial charge in [-0.25, -0.2) is 15.0 Å². The van der Waals surface area contributed by atoms with E-state index < -0.39 is 22.4 Å². The quantitative estimate of drug-likeness (QED) is 0.499. The molecule has 0 fully saturated rings. The van der Waals surface area contributed by atoms with Crippen LogP contribution in [0.15, 0.2) is 42.2 Å². The second kappa shape index (κ2) is 6.92. The van der Waals surface area contributed by atoms with E-state index in [0.717, 1.165) is 18.5 Å². The van der Waals surface area contributed by atoms with Crippen LogP contribution in [0, 0.1) is 10.1 Å². The van der Waals surface area contributed by atoms with Crippen molar-refractivity contribution in [1.29, 1.82) is 0 Å². The molecule has 2 heterocycles. The van der Waals surface area contributed by atoms with Crippen molar-refractivity contribution in [2.45, 2.75) is 6.18 Å². The molecule has 0 aliphatic heterocycles. The second-order valence-electron chi connectivity index (χ2n) is 4.81. The van der Waals surface area contributed by atoms with Crippen LogP contribution in [-0.4, -0.2) is 19.9 Å². The fraction of sp³-hybridized carbons (Fsp3) is 0.0714. The topological polar surface area (TPSA) is 106 Å². The zero-order valence-electron chi connectivity index (χ0n) is 12.7. The highest BCUT2D eigenvalue weighted by Gasteiger charge is 2.34. The monoisotopic (exact) mass is 382 g/mol. The lowest BCUT2D eigenvalue weighted by molar-refractivity contribution is -0.383. The third kappa shape index (κ3) is 3.69. The zero-order chi connectivity index (χ0) is 18.7. The van der Waals surface area contributed by atoms with Gasteiger partial charge >= 0.3 is 11.9 Å². The average molecular weight is 382 g/mol. The van der Waals surface area contributed by atoms with Crippen LogP contribution in [-0.2, 0) is 6.18 Å². The third-order valence-corrected chi connectivity index (χ3v) is 3.84. The Balaban J connectivity index is 2.03. The van der Waals surface area contributed by atoms with E-state index in [2.05, 4.69) is 25.6 Å². The van der Waals surface area contributed by atoms with Crippen molar-refractivity contribution in [3.63, 3.8) is 0 Å². The largest absolute Gasteiger partial charge is 0.418 e. The lowest BCUT2D eigenvalue weighted by atomic mass is 10.1. The standard InChI is InChI=1S/C14H9F3N6O2S/c15-14(16,17)8-3-1-2-4-9(8)21-11-10(23(24)25)12(20-7-19-11)22-13-18-5-6-26-13/h1-7H,(H2,18,19,20,21,22). The summed E-state index contributed by atoms with van der Waals surface area (Å²) in [7, 11) is 0. The van der Waals surface area contributed by atoms with Gasteiger partial charge in [-0.1, -0.05) is 12.1 Å². The van der Waals surface area contributed by atoms with E-state index in [1.165, 1.54) is 29.7 Å². The predicted molar refractivity (Wildman–Crippen MR) is 88.8 cm³/mol. The first-order valence-corrected chi connectivity index (χ1v) is 7.83. The lowest BCUT2D eigenvalue weighted by Gasteiger charge is -2.14. The minimum absolute atomic E-state index is 0.188. The molecular weight excluding hydrogens is 373 g/mol. The van der Waals surface area contributed by atoms with E-state index in [4.69, 9.17) is 0 Å². The molecule has 0 unspecified atom stereocenters. The van der Waals surface area contributed by atoms with Crippen molar-refractivity contribution in [3.8, 4) is 0 Å². The van der Waals surface area contributed by atoms with E-state index >= 15 is 0 Å². The van der Waals surface area contributed by atoms with Gasteiger partial charge in [0.05, 0.1) is 16.2 Å². The smallest absolute Gasteiger partial charge is 0.334 e. The van der Waals surface area contributed by atoms with Gasteiger partial charge in [-0.05, 0) is 12.1 Å². The van der Waals surface area contributed by atoms with Crippen LogP contribution in [0.2, 0.25) is 0 Å². The summed E-state index contributed by atoms with van der Waals surface area (Å²) in [4.78, 5) is 22.1. The van der Waals surface area contributed by atoms with Crippen LogP contribution in [0.1, 0.15) is 5.56 Å². The maximum Gasteiger partial charge on any atom is 0.418 e. The van der Waals surface area contributed by atoms with Gasteiger partial charge in [0.2, 0.25) is 11.6 Å². The van der Waals surface area contributed by atoms with Crippen LogP contribution in [0.3, 0.4) is 0 Å². The first-order chi connectivity index (χ1) is 12.4. The fourth-order valence-electron chi connectivity index (χ4n) is 2.09. The Morgan fingerprint density at radius 2 is 1.77 bits per heavy atom. The number of anilines is 4. The van der Waals surface area contributed by atoms with Crippen molar-refractivity contribution in [2.75, 3.05) is 10.6 Å². The SMILES string of the molecule is O=[N+]([O-])c1c(Nc2nccs2)ncnc1Nc1ccccc1C(F)(F)F. The summed E-state index contributed by atoms with van der Waals surface area (Å²) in [6, 6.07) is 4.61. The Morgan fingerprint density at radius 3 is 2.38 bits per heavy atom. The highest BCUT2D eigenvalue weighted by molar-refractivity contribution is 7.13. The number of halogens is 3. The van der Waals surface area contributed by atoms with Crippen molar-refractivity contribution >= 4 is 39.5 Å². The van der Waals surface area contributed by atoms with Crippen molar-refractivity contribution in [1.82, 2.24) is 15.0 Å². The molecule has 3 aromatic rings. The van der Waals surface area contributed by atoms with Crippen LogP contribution >= 0.6 is 11.3 Å². The molecule has 134 valence electrons. The molecule has 1 aromatic carbocycles. The number of hydrogen-bond donors (Lipinski definition) is 2. The third-order valence-electron chi connectivity index (χ3n) is 3.15. The molecule has 0 aliphatic rings. The van der Waals surface area contributed by atoms with Gasteiger partial charge in [0.1, 0.15) is 6.33 Å². The molecule has 8 nitrogen and oxygen atoms in total. The van der Waals surface area contributed by atoms with Gasteiger partial charge in [0.15, 0.2) is 5.13 Å². The number of rotatable bonds is 5. The van der Waals surface area contributed by atoms with Gasteiger partial charge in [-0.15, -0.1) is 11.3 Å². The molecular formula is C14H9F3N6O2S. The lowest BCUT2D eigenvalue weighted by Crippen LogP contribution is -2.10. The van der Waals surface area contributed by atoms with Crippen LogP contribution in [0.4, 0.5) is 41.3 Å². The number of para-hydroxylation sites is 1. The second-order valence-corrected chi connectivity index (χ2v) is 5.70. The first-order valence-electron chi connectivity index (χ1n) is 6.95. The number of nitrogens with zero attached hydrogens (tertiary/aromatic N) is 4. The summed E-state index contributed by atoms with van der Waals surface area (Å²) in [6.45, 7) is 0. The molecule has 26 heavy (non-hydrogen) atoms. The maximum atomic E-state index is 13.1. The Kier molecular flexibility index (Phi) is 4.67. The summed E-state index contributed by atoms with van der Waals surface area (Å²) >= 11 is 1.18. The Morgan fingerprint density at radius 1 is 1.08 bits per heavy atom. The summed E-state index contributed by atoms with van der Waals surface area (Å²) in [5, 5.41) is 18.5. The van der Waals surface area contributed by atoms with E-state index in [1.807, 2.05) is 0 Å². The van der Waals surface area contributed by atoms with Gasteiger partial charge in [0, 0.05) is 11.6 Å². The van der Waals surface area contributed by atoms with E-state index in [-0.39, 0.29) is 17.3 Å². The molecule has 12 heteroatoms. The summed E-state index contributed by atoms with van der Waals surface area (Å²) in [6.07, 6.45) is -2.15. The van der Waals surface area contributed by atoms with Gasteiger partial charge < -0.3 is 10.6 Å². The van der Waals surface area contributed by atoms with Crippen LogP contribution < -0.4 is 10.6 Å². The number of alkyl halides is 3. The van der Waals surface area contributed by atoms with Gasteiger partial charge in [-0.3, -0.25) is 10.1 Å². The molecule has 3 rings (SSSR count). The van der Waals surface area contributed by atoms with E-state index in [1.54, 1.807) is 5.38 Å². The molecule has 0 saturated heterocycles. The predicted octanol–water partition coefficient (Wildman–Crippen LogP) is 4.35. The number of hydrogen-bond acceptors (Lipinski definition) is 8. The molecule has 0 spiro atoms. The summed E-state index contributed by atoms with van der Waals surface area (Å²) in [5.74, 6) is -0.562. The number of benzene rings is 1. The van der Waals surface area contributed by atoms with Crippen molar-refractivity contribution in [3.05, 3.63) is 57.8 Å². The molecule has 0 saturated carbocycles.